The molecule has 0 bridgehead atoms. The van der Waals surface area contributed by atoms with Gasteiger partial charge >= 0.3 is 5.97 Å². The van der Waals surface area contributed by atoms with Crippen LogP contribution in [-0.4, -0.2) is 28.8 Å². The summed E-state index contributed by atoms with van der Waals surface area (Å²) in [5.41, 5.74) is 8.11. The number of aryl methyl sites for hydroxylation is 1. The molecule has 4 nitrogen and oxygen atoms in total. The lowest BCUT2D eigenvalue weighted by Crippen LogP contribution is -2.19. The first-order valence-electron chi connectivity index (χ1n) is 8.65. The van der Waals surface area contributed by atoms with Crippen LogP contribution in [0.2, 0.25) is 0 Å². The largest absolute Gasteiger partial charge is 0.479 e. The van der Waals surface area contributed by atoms with E-state index in [1.165, 1.54) is 5.56 Å². The van der Waals surface area contributed by atoms with E-state index in [0.29, 0.717) is 18.3 Å². The Morgan fingerprint density at radius 2 is 1.52 bits per heavy atom. The lowest BCUT2D eigenvalue weighted by molar-refractivity contribution is -0.146. The van der Waals surface area contributed by atoms with Crippen LogP contribution in [0.15, 0.2) is 60.7 Å². The molecule has 0 aliphatic rings. The minimum absolute atomic E-state index is 0.263. The maximum Gasteiger partial charge on any atom is 0.332 e. The van der Waals surface area contributed by atoms with E-state index >= 15 is 0 Å². The lowest BCUT2D eigenvalue weighted by atomic mass is 9.89. The van der Waals surface area contributed by atoms with Crippen LogP contribution < -0.4 is 5.73 Å². The van der Waals surface area contributed by atoms with Crippen molar-refractivity contribution in [2.75, 3.05) is 6.54 Å². The molecule has 0 saturated carbocycles. The van der Waals surface area contributed by atoms with Crippen molar-refractivity contribution in [1.29, 1.82) is 0 Å². The Labute approximate surface area is 150 Å². The molecule has 0 saturated heterocycles. The van der Waals surface area contributed by atoms with Gasteiger partial charge < -0.3 is 15.9 Å². The number of carboxylic acid groups (broad SMARTS) is 1. The van der Waals surface area contributed by atoms with Crippen LogP contribution in [0.3, 0.4) is 0 Å². The van der Waals surface area contributed by atoms with Crippen LogP contribution in [-0.2, 0) is 11.2 Å². The molecule has 0 heterocycles. The third kappa shape index (κ3) is 7.96. The molecule has 0 aliphatic carbocycles. The highest BCUT2D eigenvalue weighted by Crippen LogP contribution is 2.22. The molecule has 0 unspecified atom stereocenters. The molecule has 136 valence electrons. The average Bonchev–Trinajstić information content (AvgIpc) is 2.62. The Balaban J connectivity index is 0.000000251. The first-order chi connectivity index (χ1) is 12.0. The number of rotatable bonds is 7. The Morgan fingerprint density at radius 3 is 1.96 bits per heavy atom. The van der Waals surface area contributed by atoms with Gasteiger partial charge in [-0.3, -0.25) is 0 Å². The molecule has 2 aromatic rings. The highest BCUT2D eigenvalue weighted by molar-refractivity contribution is 5.71. The normalized spacial score (nSPS) is 12.8. The number of aliphatic hydroxyl groups is 1. The van der Waals surface area contributed by atoms with E-state index in [4.69, 9.17) is 15.9 Å². The highest BCUT2D eigenvalue weighted by atomic mass is 16.4. The fraction of sp³-hybridized carbons (Fsp3) is 0.381. The number of hydrogen-bond donors (Lipinski definition) is 3. The molecule has 2 aromatic carbocycles. The number of carbonyl (C=O) groups is 1. The maximum atomic E-state index is 10.3. The minimum Gasteiger partial charge on any atom is -0.479 e. The van der Waals surface area contributed by atoms with Gasteiger partial charge in [0, 0.05) is 0 Å². The van der Waals surface area contributed by atoms with Gasteiger partial charge in [0.1, 0.15) is 0 Å². The van der Waals surface area contributed by atoms with Crippen molar-refractivity contribution in [2.45, 2.75) is 38.7 Å². The van der Waals surface area contributed by atoms with Crippen LogP contribution in [0.1, 0.15) is 37.3 Å². The summed E-state index contributed by atoms with van der Waals surface area (Å²) in [5.74, 6) is -0.0282. The third-order valence-electron chi connectivity index (χ3n) is 4.12. The molecular weight excluding hydrogens is 314 g/mol. The molecule has 0 spiro atoms. The third-order valence-corrected chi connectivity index (χ3v) is 4.12. The Morgan fingerprint density at radius 1 is 1.00 bits per heavy atom. The zero-order valence-corrected chi connectivity index (χ0v) is 15.0. The first-order valence-corrected chi connectivity index (χ1v) is 8.65. The average molecular weight is 343 g/mol. The second kappa shape index (κ2) is 11.4. The summed E-state index contributed by atoms with van der Waals surface area (Å²) in [5, 5.41) is 17.4. The summed E-state index contributed by atoms with van der Waals surface area (Å²) < 4.78 is 0. The monoisotopic (exact) mass is 343 g/mol. The van der Waals surface area contributed by atoms with Crippen LogP contribution in [0.5, 0.6) is 0 Å². The van der Waals surface area contributed by atoms with Crippen molar-refractivity contribution in [3.8, 4) is 0 Å². The van der Waals surface area contributed by atoms with Crippen molar-refractivity contribution in [1.82, 2.24) is 0 Å². The molecule has 2 rings (SSSR count). The number of carboxylic acids is 1. The molecule has 4 heteroatoms. The molecule has 4 N–H and O–H groups in total. The number of hydrogen-bond acceptors (Lipinski definition) is 3. The van der Waals surface area contributed by atoms with E-state index in [1.54, 1.807) is 0 Å². The summed E-state index contributed by atoms with van der Waals surface area (Å²) in [7, 11) is 0. The molecule has 0 radical (unpaired) electrons. The van der Waals surface area contributed by atoms with Crippen molar-refractivity contribution in [3.05, 3.63) is 71.8 Å². The summed E-state index contributed by atoms with van der Waals surface area (Å²) >= 11 is 0. The highest BCUT2D eigenvalue weighted by Gasteiger charge is 2.13. The zero-order valence-electron chi connectivity index (χ0n) is 15.0. The number of aliphatic hydroxyl groups excluding tert-OH is 1. The SMILES string of the molecule is CC(C)[C@H](CN)c1ccccc1.O=C(O)[C@H](O)CCc1ccccc1. The van der Waals surface area contributed by atoms with Crippen LogP contribution in [0.4, 0.5) is 0 Å². The Bertz CT molecular complexity index is 599. The number of nitrogens with two attached hydrogens (primary N) is 1. The summed E-state index contributed by atoms with van der Waals surface area (Å²) in [6, 6.07) is 20.0. The van der Waals surface area contributed by atoms with Crippen molar-refractivity contribution in [3.63, 3.8) is 0 Å². The molecule has 0 fully saturated rings. The quantitative estimate of drug-likeness (QED) is 0.719. The first kappa shape index (κ1) is 20.9. The molecule has 0 aromatic heterocycles. The predicted octanol–water partition coefficient (Wildman–Crippen LogP) is 3.45. The molecule has 25 heavy (non-hydrogen) atoms. The minimum atomic E-state index is -1.25. The van der Waals surface area contributed by atoms with E-state index in [0.717, 1.165) is 12.1 Å². The maximum absolute atomic E-state index is 10.3. The molecular formula is C21H29NO3. The summed E-state index contributed by atoms with van der Waals surface area (Å²) in [6.07, 6.45) is -0.395. The molecule has 2 atom stereocenters. The fourth-order valence-electron chi connectivity index (χ4n) is 2.56. The summed E-state index contributed by atoms with van der Waals surface area (Å²) in [4.78, 5) is 10.3. The second-order valence-electron chi connectivity index (χ2n) is 6.38. The smallest absolute Gasteiger partial charge is 0.332 e. The fourth-order valence-corrected chi connectivity index (χ4v) is 2.56. The topological polar surface area (TPSA) is 83.6 Å². The van der Waals surface area contributed by atoms with E-state index in [-0.39, 0.29) is 6.42 Å². The van der Waals surface area contributed by atoms with Gasteiger partial charge in [0.05, 0.1) is 0 Å². The van der Waals surface area contributed by atoms with Gasteiger partial charge in [0.2, 0.25) is 0 Å². The van der Waals surface area contributed by atoms with Crippen LogP contribution >= 0.6 is 0 Å². The van der Waals surface area contributed by atoms with Gasteiger partial charge in [0.25, 0.3) is 0 Å². The van der Waals surface area contributed by atoms with E-state index in [2.05, 4.69) is 38.1 Å². The number of aliphatic carboxylic acids is 1. The van der Waals surface area contributed by atoms with Gasteiger partial charge in [-0.1, -0.05) is 74.5 Å². The molecule has 0 aliphatic heterocycles. The van der Waals surface area contributed by atoms with Gasteiger partial charge in [-0.2, -0.15) is 0 Å². The van der Waals surface area contributed by atoms with E-state index < -0.39 is 12.1 Å². The van der Waals surface area contributed by atoms with Gasteiger partial charge in [-0.25, -0.2) is 4.79 Å². The number of benzene rings is 2. The zero-order chi connectivity index (χ0) is 18.7. The van der Waals surface area contributed by atoms with Gasteiger partial charge in [0.15, 0.2) is 6.10 Å². The lowest BCUT2D eigenvalue weighted by Gasteiger charge is -2.18. The second-order valence-corrected chi connectivity index (χ2v) is 6.38. The van der Waals surface area contributed by atoms with Gasteiger partial charge in [-0.05, 0) is 42.3 Å². The van der Waals surface area contributed by atoms with Crippen molar-refractivity contribution >= 4 is 5.97 Å². The van der Waals surface area contributed by atoms with E-state index in [9.17, 15) is 4.79 Å². The van der Waals surface area contributed by atoms with Crippen molar-refractivity contribution < 1.29 is 15.0 Å². The van der Waals surface area contributed by atoms with Crippen LogP contribution in [0.25, 0.3) is 0 Å². The predicted molar refractivity (Wildman–Crippen MR) is 101 cm³/mol. The summed E-state index contributed by atoms with van der Waals surface area (Å²) in [6.45, 7) is 5.16. The van der Waals surface area contributed by atoms with Crippen LogP contribution in [0, 0.1) is 5.92 Å². The van der Waals surface area contributed by atoms with Gasteiger partial charge in [-0.15, -0.1) is 0 Å². The Hall–Kier alpha value is -2.17. The van der Waals surface area contributed by atoms with E-state index in [1.807, 2.05) is 36.4 Å². The standard InChI is InChI=1S/C11H17N.C10H12O3/c1-9(2)11(8-12)10-6-4-3-5-7-10;11-9(10(12)13)7-6-8-4-2-1-3-5-8/h3-7,9,11H,8,12H2,1-2H3;1-5,9,11H,6-7H2,(H,12,13)/t11-;9-/m01/s1. The molecule has 0 amide bonds. The van der Waals surface area contributed by atoms with Crippen molar-refractivity contribution in [2.24, 2.45) is 11.7 Å². The Kier molecular flexibility index (Phi) is 9.51.